The average molecular weight is 431 g/mol. The Hall–Kier alpha value is -0.750. The van der Waals surface area contributed by atoms with Crippen LogP contribution in [0.5, 0.6) is 0 Å². The van der Waals surface area contributed by atoms with Crippen LogP contribution in [0.3, 0.4) is 0 Å². The van der Waals surface area contributed by atoms with Gasteiger partial charge in [0.25, 0.3) is 0 Å². The summed E-state index contributed by atoms with van der Waals surface area (Å²) in [7, 11) is 0. The van der Waals surface area contributed by atoms with E-state index in [0.717, 1.165) is 19.9 Å². The van der Waals surface area contributed by atoms with Gasteiger partial charge in [-0.3, -0.25) is 0 Å². The third-order valence-corrected chi connectivity index (χ3v) is 5.52. The Bertz CT molecular complexity index is 759. The number of rotatable bonds is 2. The summed E-state index contributed by atoms with van der Waals surface area (Å²) in [5.41, 5.74) is 1.80. The molecule has 0 aliphatic heterocycles. The standard InChI is InChI=1S/C14H7Br2ClN2S/c15-10-7-6-9(20-10)14-18-12(11(16)13(17)19-14)8-4-2-1-3-5-8/h1-7H. The van der Waals surface area contributed by atoms with E-state index < -0.39 is 0 Å². The lowest BCUT2D eigenvalue weighted by Crippen LogP contribution is -1.94. The molecule has 2 heterocycles. The monoisotopic (exact) mass is 428 g/mol. The molecule has 0 fully saturated rings. The van der Waals surface area contributed by atoms with Crippen molar-refractivity contribution < 1.29 is 0 Å². The summed E-state index contributed by atoms with van der Waals surface area (Å²) < 4.78 is 1.75. The summed E-state index contributed by atoms with van der Waals surface area (Å²) in [6, 6.07) is 13.9. The van der Waals surface area contributed by atoms with E-state index in [9.17, 15) is 0 Å². The summed E-state index contributed by atoms with van der Waals surface area (Å²) in [5, 5.41) is 0.415. The molecule has 2 nitrogen and oxygen atoms in total. The second kappa shape index (κ2) is 5.93. The molecule has 0 atom stereocenters. The second-order valence-corrected chi connectivity index (χ2v) is 7.58. The van der Waals surface area contributed by atoms with Gasteiger partial charge in [-0.15, -0.1) is 11.3 Å². The number of hydrogen-bond acceptors (Lipinski definition) is 3. The van der Waals surface area contributed by atoms with Gasteiger partial charge in [0.2, 0.25) is 0 Å². The largest absolute Gasteiger partial charge is 0.226 e. The first-order chi connectivity index (χ1) is 9.65. The number of halogens is 3. The Kier molecular flexibility index (Phi) is 4.21. The Morgan fingerprint density at radius 3 is 2.35 bits per heavy atom. The second-order valence-electron chi connectivity index (χ2n) is 3.97. The minimum absolute atomic E-state index is 0.415. The van der Waals surface area contributed by atoms with E-state index in [0.29, 0.717) is 15.5 Å². The van der Waals surface area contributed by atoms with Gasteiger partial charge in [-0.05, 0) is 44.0 Å². The van der Waals surface area contributed by atoms with Gasteiger partial charge < -0.3 is 0 Å². The van der Waals surface area contributed by atoms with Gasteiger partial charge in [0, 0.05) is 5.56 Å². The molecule has 6 heteroatoms. The van der Waals surface area contributed by atoms with Crippen molar-refractivity contribution in [2.75, 3.05) is 0 Å². The molecule has 0 spiro atoms. The van der Waals surface area contributed by atoms with Gasteiger partial charge in [0.15, 0.2) is 5.82 Å². The molecule has 3 aromatic rings. The van der Waals surface area contributed by atoms with Crippen molar-refractivity contribution in [2.45, 2.75) is 0 Å². The van der Waals surface area contributed by atoms with Crippen molar-refractivity contribution >= 4 is 54.8 Å². The minimum Gasteiger partial charge on any atom is -0.226 e. The molecule has 0 bridgehead atoms. The minimum atomic E-state index is 0.415. The number of hydrogen-bond donors (Lipinski definition) is 0. The normalized spacial score (nSPS) is 10.8. The first-order valence-corrected chi connectivity index (χ1v) is 8.47. The SMILES string of the molecule is Clc1nc(-c2ccc(Br)s2)nc(-c2ccccc2)c1Br. The molecule has 0 amide bonds. The van der Waals surface area contributed by atoms with E-state index in [1.54, 1.807) is 11.3 Å². The third-order valence-electron chi connectivity index (χ3n) is 2.65. The van der Waals surface area contributed by atoms with Crippen LogP contribution in [0.25, 0.3) is 22.0 Å². The highest BCUT2D eigenvalue weighted by Gasteiger charge is 2.14. The van der Waals surface area contributed by atoms with Crippen molar-refractivity contribution in [1.82, 2.24) is 9.97 Å². The molecular formula is C14H7Br2ClN2S. The molecule has 0 N–H and O–H groups in total. The molecule has 0 unspecified atom stereocenters. The molecule has 0 aliphatic rings. The Balaban J connectivity index is 2.18. The lowest BCUT2D eigenvalue weighted by Gasteiger charge is -2.07. The smallest absolute Gasteiger partial charge is 0.171 e. The van der Waals surface area contributed by atoms with Crippen molar-refractivity contribution in [1.29, 1.82) is 0 Å². The van der Waals surface area contributed by atoms with E-state index in [2.05, 4.69) is 41.8 Å². The molecule has 20 heavy (non-hydrogen) atoms. The molecule has 100 valence electrons. The van der Waals surface area contributed by atoms with Crippen molar-refractivity contribution in [2.24, 2.45) is 0 Å². The van der Waals surface area contributed by atoms with Crippen molar-refractivity contribution in [3.8, 4) is 22.0 Å². The summed E-state index contributed by atoms with van der Waals surface area (Å²) in [6.45, 7) is 0. The number of benzene rings is 1. The highest BCUT2D eigenvalue weighted by molar-refractivity contribution is 9.11. The van der Waals surface area contributed by atoms with Crippen molar-refractivity contribution in [3.05, 3.63) is 55.9 Å². The lowest BCUT2D eigenvalue weighted by atomic mass is 10.1. The van der Waals surface area contributed by atoms with Gasteiger partial charge in [-0.2, -0.15) is 0 Å². The third kappa shape index (κ3) is 2.81. The fourth-order valence-corrected chi connectivity index (χ4v) is 3.65. The summed E-state index contributed by atoms with van der Waals surface area (Å²) in [4.78, 5) is 9.95. The molecule has 0 radical (unpaired) electrons. The van der Waals surface area contributed by atoms with Crippen LogP contribution < -0.4 is 0 Å². The lowest BCUT2D eigenvalue weighted by molar-refractivity contribution is 1.17. The van der Waals surface area contributed by atoms with Crippen LogP contribution in [0, 0.1) is 0 Å². The maximum atomic E-state index is 6.22. The van der Waals surface area contributed by atoms with Crippen LogP contribution in [0.1, 0.15) is 0 Å². The maximum absolute atomic E-state index is 6.22. The highest BCUT2D eigenvalue weighted by Crippen LogP contribution is 2.35. The first-order valence-electron chi connectivity index (χ1n) is 5.69. The molecule has 0 aliphatic carbocycles. The molecule has 0 saturated carbocycles. The van der Waals surface area contributed by atoms with Crippen LogP contribution in [0.4, 0.5) is 0 Å². The molecular weight excluding hydrogens is 423 g/mol. The fourth-order valence-electron chi connectivity index (χ4n) is 1.75. The first kappa shape index (κ1) is 14.2. The Morgan fingerprint density at radius 2 is 1.70 bits per heavy atom. The van der Waals surface area contributed by atoms with E-state index in [1.807, 2.05) is 42.5 Å². The quantitative estimate of drug-likeness (QED) is 0.463. The molecule has 3 rings (SSSR count). The number of aromatic nitrogens is 2. The average Bonchev–Trinajstić information content (AvgIpc) is 2.89. The van der Waals surface area contributed by atoms with E-state index in [4.69, 9.17) is 11.6 Å². The number of thiophene rings is 1. The zero-order valence-electron chi connectivity index (χ0n) is 9.98. The Labute approximate surface area is 142 Å². The van der Waals surface area contributed by atoms with Crippen LogP contribution >= 0.6 is 54.8 Å². The predicted molar refractivity (Wildman–Crippen MR) is 91.2 cm³/mol. The molecule has 1 aromatic carbocycles. The summed E-state index contributed by atoms with van der Waals surface area (Å²) in [6.07, 6.45) is 0. The van der Waals surface area contributed by atoms with E-state index in [1.165, 1.54) is 0 Å². The van der Waals surface area contributed by atoms with Crippen molar-refractivity contribution in [3.63, 3.8) is 0 Å². The van der Waals surface area contributed by atoms with E-state index in [-0.39, 0.29) is 0 Å². The van der Waals surface area contributed by atoms with Gasteiger partial charge in [0.1, 0.15) is 5.15 Å². The fraction of sp³-hybridized carbons (Fsp3) is 0. The van der Waals surface area contributed by atoms with Gasteiger partial charge in [-0.25, -0.2) is 9.97 Å². The molecule has 2 aromatic heterocycles. The van der Waals surface area contributed by atoms with Gasteiger partial charge in [-0.1, -0.05) is 41.9 Å². The van der Waals surface area contributed by atoms with Crippen LogP contribution in [-0.2, 0) is 0 Å². The van der Waals surface area contributed by atoms with Crippen LogP contribution in [0.15, 0.2) is 50.7 Å². The summed E-state index contributed by atoms with van der Waals surface area (Å²) >= 11 is 14.7. The topological polar surface area (TPSA) is 25.8 Å². The highest BCUT2D eigenvalue weighted by atomic mass is 79.9. The van der Waals surface area contributed by atoms with E-state index >= 15 is 0 Å². The summed E-state index contributed by atoms with van der Waals surface area (Å²) in [5.74, 6) is 0.632. The zero-order chi connectivity index (χ0) is 14.1. The number of nitrogens with zero attached hydrogens (tertiary/aromatic N) is 2. The van der Waals surface area contributed by atoms with Gasteiger partial charge >= 0.3 is 0 Å². The maximum Gasteiger partial charge on any atom is 0.171 e. The predicted octanol–water partition coefficient (Wildman–Crippen LogP) is 6.05. The van der Waals surface area contributed by atoms with Crippen LogP contribution in [0.2, 0.25) is 5.15 Å². The zero-order valence-corrected chi connectivity index (χ0v) is 14.7. The molecule has 0 saturated heterocycles. The van der Waals surface area contributed by atoms with Crippen LogP contribution in [-0.4, -0.2) is 9.97 Å². The van der Waals surface area contributed by atoms with Gasteiger partial charge in [0.05, 0.1) is 18.8 Å². The Morgan fingerprint density at radius 1 is 0.950 bits per heavy atom.